The summed E-state index contributed by atoms with van der Waals surface area (Å²) in [6.07, 6.45) is 1.58. The van der Waals surface area contributed by atoms with Crippen LogP contribution in [-0.2, 0) is 9.53 Å². The Kier molecular flexibility index (Phi) is 5.41. The number of amides is 2. The molecule has 0 saturated heterocycles. The number of carbonyl (C=O) groups excluding carboxylic acids is 2. The fourth-order valence-corrected chi connectivity index (χ4v) is 4.12. The van der Waals surface area contributed by atoms with Crippen LogP contribution in [0.15, 0.2) is 65.3 Å². The molecule has 4 rings (SSSR count). The first-order valence-corrected chi connectivity index (χ1v) is 10.5. The number of hydrogen-bond acceptors (Lipinski definition) is 5. The van der Waals surface area contributed by atoms with Crippen LogP contribution in [0.25, 0.3) is 16.3 Å². The first-order chi connectivity index (χ1) is 14.4. The second-order valence-corrected chi connectivity index (χ2v) is 8.16. The zero-order valence-electron chi connectivity index (χ0n) is 16.9. The lowest BCUT2D eigenvalue weighted by Gasteiger charge is -2.28. The van der Waals surface area contributed by atoms with Gasteiger partial charge in [0.05, 0.1) is 28.3 Å². The summed E-state index contributed by atoms with van der Waals surface area (Å²) in [4.78, 5) is 26.1. The van der Waals surface area contributed by atoms with E-state index in [0.717, 1.165) is 16.1 Å². The van der Waals surface area contributed by atoms with Crippen LogP contribution in [0.4, 0.5) is 4.79 Å². The Morgan fingerprint density at radius 2 is 1.97 bits per heavy atom. The largest absolute Gasteiger partial charge is 0.459 e. The molecule has 2 N–H and O–H groups in total. The number of hydrogen-bond donors (Lipinski definition) is 2. The van der Waals surface area contributed by atoms with Crippen LogP contribution < -0.4 is 10.6 Å². The average Bonchev–Trinajstić information content (AvgIpc) is 3.37. The van der Waals surface area contributed by atoms with Gasteiger partial charge in [0, 0.05) is 17.5 Å². The Morgan fingerprint density at radius 1 is 1.20 bits per heavy atom. The predicted molar refractivity (Wildman–Crippen MR) is 115 cm³/mol. The molecule has 3 heterocycles. The third-order valence-electron chi connectivity index (χ3n) is 4.66. The van der Waals surface area contributed by atoms with Crippen molar-refractivity contribution in [1.82, 2.24) is 20.4 Å². The fraction of sp³-hybridized carbons (Fsp3) is 0.227. The van der Waals surface area contributed by atoms with E-state index in [-0.39, 0.29) is 12.1 Å². The normalized spacial score (nSPS) is 16.4. The van der Waals surface area contributed by atoms with Crippen molar-refractivity contribution in [2.24, 2.45) is 0 Å². The molecular weight excluding hydrogens is 400 g/mol. The van der Waals surface area contributed by atoms with Crippen LogP contribution in [0.3, 0.4) is 0 Å². The van der Waals surface area contributed by atoms with E-state index in [1.54, 1.807) is 36.8 Å². The van der Waals surface area contributed by atoms with Crippen molar-refractivity contribution in [1.29, 1.82) is 0 Å². The van der Waals surface area contributed by atoms with Crippen molar-refractivity contribution in [2.75, 3.05) is 0 Å². The minimum atomic E-state index is -0.681. The summed E-state index contributed by atoms with van der Waals surface area (Å²) in [5, 5.41) is 12.3. The van der Waals surface area contributed by atoms with Crippen molar-refractivity contribution in [3.8, 4) is 16.3 Å². The third kappa shape index (κ3) is 3.86. The molecule has 0 fully saturated rings. The number of thiophene rings is 1. The Hall–Kier alpha value is -3.39. The highest BCUT2D eigenvalue weighted by Crippen LogP contribution is 2.36. The van der Waals surface area contributed by atoms with Gasteiger partial charge in [-0.1, -0.05) is 24.3 Å². The molecule has 1 atom stereocenters. The van der Waals surface area contributed by atoms with E-state index in [2.05, 4.69) is 10.6 Å². The highest BCUT2D eigenvalue weighted by atomic mass is 32.1. The number of allylic oxidation sites excluding steroid dienone is 1. The van der Waals surface area contributed by atoms with E-state index in [4.69, 9.17) is 9.84 Å². The number of ether oxygens (including phenoxy) is 1. The number of para-hydroxylation sites is 1. The van der Waals surface area contributed by atoms with Crippen molar-refractivity contribution < 1.29 is 14.3 Å². The molecular formula is C22H22N4O3S. The molecule has 2 aromatic heterocycles. The van der Waals surface area contributed by atoms with Crippen LogP contribution in [0.1, 0.15) is 32.4 Å². The monoisotopic (exact) mass is 422 g/mol. The van der Waals surface area contributed by atoms with Crippen LogP contribution in [-0.4, -0.2) is 27.9 Å². The Bertz CT molecular complexity index is 1100. The second-order valence-electron chi connectivity index (χ2n) is 7.21. The van der Waals surface area contributed by atoms with Crippen LogP contribution in [0.2, 0.25) is 0 Å². The average molecular weight is 423 g/mol. The van der Waals surface area contributed by atoms with Gasteiger partial charge in [0.2, 0.25) is 0 Å². The summed E-state index contributed by atoms with van der Waals surface area (Å²) in [5.41, 5.74) is 3.16. The molecule has 8 heteroatoms. The summed E-state index contributed by atoms with van der Waals surface area (Å²) in [6.45, 7) is 5.29. The molecule has 1 aromatic carbocycles. The van der Waals surface area contributed by atoms with Gasteiger partial charge < -0.3 is 15.4 Å². The van der Waals surface area contributed by atoms with Gasteiger partial charge in [-0.15, -0.1) is 11.3 Å². The van der Waals surface area contributed by atoms with Gasteiger partial charge in [-0.05, 0) is 44.4 Å². The molecule has 3 aromatic rings. The topological polar surface area (TPSA) is 85.2 Å². The maximum absolute atomic E-state index is 12.9. The maximum atomic E-state index is 12.9. The summed E-state index contributed by atoms with van der Waals surface area (Å²) >= 11 is 1.55. The molecule has 1 aliphatic heterocycles. The minimum absolute atomic E-state index is 0.278. The zero-order chi connectivity index (χ0) is 21.3. The zero-order valence-corrected chi connectivity index (χ0v) is 17.7. The van der Waals surface area contributed by atoms with Gasteiger partial charge in [-0.3, -0.25) is 0 Å². The first-order valence-electron chi connectivity index (χ1n) is 9.62. The van der Waals surface area contributed by atoms with Gasteiger partial charge >= 0.3 is 12.0 Å². The van der Waals surface area contributed by atoms with Gasteiger partial charge in [-0.2, -0.15) is 5.10 Å². The van der Waals surface area contributed by atoms with E-state index >= 15 is 0 Å². The van der Waals surface area contributed by atoms with Crippen molar-refractivity contribution >= 4 is 23.3 Å². The molecule has 0 aliphatic carbocycles. The van der Waals surface area contributed by atoms with Gasteiger partial charge in [0.25, 0.3) is 0 Å². The summed E-state index contributed by atoms with van der Waals surface area (Å²) in [5.74, 6) is -0.468. The Balaban J connectivity index is 1.86. The van der Waals surface area contributed by atoms with E-state index in [9.17, 15) is 9.59 Å². The number of aromatic nitrogens is 2. The molecule has 0 radical (unpaired) electrons. The van der Waals surface area contributed by atoms with Crippen LogP contribution in [0, 0.1) is 0 Å². The second kappa shape index (κ2) is 8.16. The molecule has 1 aliphatic rings. The molecule has 0 saturated carbocycles. The standard InChI is InChI=1S/C22H22N4O3S/c1-13(2)29-21(27)18-14(3)23-22(28)24-20(18)16-12-26(15-8-5-4-6-9-15)25-19(16)17-10-7-11-30-17/h4-13,20H,1-3H3,(H2,23,24,28)/t20-/m1/s1. The molecule has 154 valence electrons. The number of nitrogens with one attached hydrogen (secondary N) is 2. The number of carbonyl (C=O) groups is 2. The lowest BCUT2D eigenvalue weighted by atomic mass is 9.95. The summed E-state index contributed by atoms with van der Waals surface area (Å²) in [7, 11) is 0. The third-order valence-corrected chi connectivity index (χ3v) is 5.54. The molecule has 0 spiro atoms. The van der Waals surface area contributed by atoms with Gasteiger partial charge in [0.15, 0.2) is 0 Å². The molecule has 0 unspecified atom stereocenters. The fourth-order valence-electron chi connectivity index (χ4n) is 3.39. The van der Waals surface area contributed by atoms with E-state index < -0.39 is 12.0 Å². The van der Waals surface area contributed by atoms with E-state index in [1.807, 2.05) is 54.0 Å². The minimum Gasteiger partial charge on any atom is -0.459 e. The molecule has 30 heavy (non-hydrogen) atoms. The van der Waals surface area contributed by atoms with Gasteiger partial charge in [0.1, 0.15) is 5.69 Å². The van der Waals surface area contributed by atoms with E-state index in [1.165, 1.54) is 0 Å². The number of rotatable bonds is 5. The lowest BCUT2D eigenvalue weighted by Crippen LogP contribution is -2.45. The lowest BCUT2D eigenvalue weighted by molar-refractivity contribution is -0.143. The van der Waals surface area contributed by atoms with Crippen molar-refractivity contribution in [2.45, 2.75) is 32.9 Å². The number of esters is 1. The quantitative estimate of drug-likeness (QED) is 0.604. The molecule has 2 amide bonds. The molecule has 0 bridgehead atoms. The summed E-state index contributed by atoms with van der Waals surface area (Å²) < 4.78 is 7.22. The van der Waals surface area contributed by atoms with E-state index in [0.29, 0.717) is 17.0 Å². The Labute approximate surface area is 178 Å². The van der Waals surface area contributed by atoms with Crippen molar-refractivity contribution in [3.63, 3.8) is 0 Å². The SMILES string of the molecule is CC1=C(C(=O)OC(C)C)[C@@H](c2cn(-c3ccccc3)nc2-c2cccs2)NC(=O)N1. The highest BCUT2D eigenvalue weighted by molar-refractivity contribution is 7.13. The Morgan fingerprint density at radius 3 is 2.63 bits per heavy atom. The summed E-state index contributed by atoms with van der Waals surface area (Å²) in [6, 6.07) is 12.6. The number of urea groups is 1. The van der Waals surface area contributed by atoms with Crippen molar-refractivity contribution in [3.05, 3.63) is 70.9 Å². The predicted octanol–water partition coefficient (Wildman–Crippen LogP) is 4.18. The molecule has 7 nitrogen and oxygen atoms in total. The maximum Gasteiger partial charge on any atom is 0.338 e. The number of benzene rings is 1. The van der Waals surface area contributed by atoms with Gasteiger partial charge in [-0.25, -0.2) is 14.3 Å². The smallest absolute Gasteiger partial charge is 0.338 e. The highest BCUT2D eigenvalue weighted by Gasteiger charge is 2.35. The van der Waals surface area contributed by atoms with Crippen LogP contribution in [0.5, 0.6) is 0 Å². The first kappa shape index (κ1) is 19.9. The van der Waals surface area contributed by atoms with Crippen LogP contribution >= 0.6 is 11.3 Å². The number of nitrogens with zero attached hydrogens (tertiary/aromatic N) is 2.